The van der Waals surface area contributed by atoms with Crippen LogP contribution < -0.4 is 26.8 Å². The van der Waals surface area contributed by atoms with Crippen LogP contribution >= 0.6 is 0 Å². The highest BCUT2D eigenvalue weighted by Gasteiger charge is 2.36. The van der Waals surface area contributed by atoms with Crippen molar-refractivity contribution >= 4 is 23.4 Å². The summed E-state index contributed by atoms with van der Waals surface area (Å²) < 4.78 is 0. The number of fused-ring (bicyclic) bond motifs is 2. The Kier molecular flexibility index (Phi) is 17.0. The number of carbonyl (C=O) groups is 4. The molecule has 6 atom stereocenters. The van der Waals surface area contributed by atoms with Crippen molar-refractivity contribution in [2.24, 2.45) is 0 Å². The second-order valence-electron chi connectivity index (χ2n) is 19.8. The predicted molar refractivity (Wildman–Crippen MR) is 275 cm³/mol. The van der Waals surface area contributed by atoms with Crippen LogP contribution in [0.25, 0.3) is 0 Å². The summed E-state index contributed by atoms with van der Waals surface area (Å²) in [7, 11) is 7.31. The molecule has 0 spiro atoms. The van der Waals surface area contributed by atoms with Crippen molar-refractivity contribution in [2.45, 2.75) is 115 Å². The fourth-order valence-electron chi connectivity index (χ4n) is 10.4. The average molecular weight is 967 g/mol. The molecule has 15 nitrogen and oxygen atoms in total. The van der Waals surface area contributed by atoms with Gasteiger partial charge < -0.3 is 36.5 Å². The Morgan fingerprint density at radius 2 is 1.06 bits per heavy atom. The van der Waals surface area contributed by atoms with Crippen LogP contribution in [0.5, 0.6) is 11.5 Å². The van der Waals surface area contributed by atoms with E-state index in [0.717, 1.165) is 68.5 Å². The molecule has 2 amide bonds. The third kappa shape index (κ3) is 12.5. The smallest absolute Gasteiger partial charge is 0.269 e. The molecule has 7 N–H and O–H groups in total. The Labute approximate surface area is 416 Å². The number of aromatic amines is 1. The highest BCUT2D eigenvalue weighted by Crippen LogP contribution is 2.28. The molecular formula is C56H70N8O7. The minimum atomic E-state index is -0.982. The minimum absolute atomic E-state index is 0.0754. The normalized spacial score (nSPS) is 17.2. The van der Waals surface area contributed by atoms with Crippen LogP contribution in [0.4, 0.5) is 0 Å². The Balaban J connectivity index is 1.12. The topological polar surface area (TPSA) is 209 Å². The fraction of sp³-hybridized carbons (Fsp3) is 0.429. The van der Waals surface area contributed by atoms with Crippen LogP contribution in [-0.2, 0) is 57.7 Å². The van der Waals surface area contributed by atoms with Crippen molar-refractivity contribution in [1.82, 2.24) is 41.0 Å². The number of hydrogen-bond acceptors (Lipinski definition) is 12. The molecule has 0 fully saturated rings. The number of likely N-dealkylation sites (N-methyl/N-ethyl adjacent to an activating group) is 2. The minimum Gasteiger partial charge on any atom is -0.508 e. The number of rotatable bonds is 20. The van der Waals surface area contributed by atoms with Crippen LogP contribution in [0.3, 0.4) is 0 Å². The van der Waals surface area contributed by atoms with Gasteiger partial charge in [0.1, 0.15) is 29.3 Å². The zero-order valence-electron chi connectivity index (χ0n) is 42.3. The lowest BCUT2D eigenvalue weighted by molar-refractivity contribution is -0.131. The first kappa shape index (κ1) is 52.3. The maximum absolute atomic E-state index is 14.8. The molecule has 7 rings (SSSR count). The number of amides is 2. The molecule has 0 saturated heterocycles. The molecule has 71 heavy (non-hydrogen) atoms. The summed E-state index contributed by atoms with van der Waals surface area (Å²) in [5.41, 5.74) is 9.34. The van der Waals surface area contributed by atoms with Crippen LogP contribution in [0.1, 0.15) is 91.9 Å². The number of ketones is 2. The Hall–Kier alpha value is -6.52. The van der Waals surface area contributed by atoms with E-state index in [9.17, 15) is 34.2 Å². The maximum Gasteiger partial charge on any atom is 0.269 e. The van der Waals surface area contributed by atoms with E-state index >= 15 is 0 Å². The summed E-state index contributed by atoms with van der Waals surface area (Å²) in [6, 6.07) is 17.8. The van der Waals surface area contributed by atoms with Gasteiger partial charge >= 0.3 is 0 Å². The number of nitrogens with zero attached hydrogens (tertiary/aromatic N) is 3. The fourth-order valence-corrected chi connectivity index (χ4v) is 10.4. The summed E-state index contributed by atoms with van der Waals surface area (Å²) in [6.07, 6.45) is 4.36. The molecule has 15 heteroatoms. The van der Waals surface area contributed by atoms with Gasteiger partial charge in [0.05, 0.1) is 24.2 Å². The first-order valence-corrected chi connectivity index (χ1v) is 24.7. The number of aromatic hydroxyl groups is 2. The third-order valence-electron chi connectivity index (χ3n) is 14.4. The number of hydrogen-bond donors (Lipinski definition) is 7. The van der Waals surface area contributed by atoms with Crippen LogP contribution in [0.15, 0.2) is 83.8 Å². The molecule has 5 aromatic rings. The van der Waals surface area contributed by atoms with Gasteiger partial charge in [-0.2, -0.15) is 0 Å². The number of phenolic OH excluding ortho intramolecular Hbond substituents is 2. The van der Waals surface area contributed by atoms with E-state index in [-0.39, 0.29) is 66.3 Å². The molecule has 2 aliphatic rings. The number of nitrogens with one attached hydrogen (secondary N) is 5. The lowest BCUT2D eigenvalue weighted by atomic mass is 9.89. The summed E-state index contributed by atoms with van der Waals surface area (Å²) in [6.45, 7) is 8.81. The summed E-state index contributed by atoms with van der Waals surface area (Å²) in [5.74, 6) is -0.775. The van der Waals surface area contributed by atoms with E-state index in [4.69, 9.17) is 0 Å². The number of Topliss-reactive ketones (excluding diaryl/α,β-unsaturated/α-hetero) is 2. The SMILES string of the molecule is Cc1cc(O)cc(C)c1C[C@@H](C(=O)C(CCc1cnc(CCC(NC(=O)C2NCCc3ccccc32)C(=O)[C@H](Cc2c(C)cc(O)cc2C)N(C)C)c(=O)[nH]1)NC(=O)C1NCCc2ccccc21)N(C)C. The molecule has 0 radical (unpaired) electrons. The zero-order valence-corrected chi connectivity index (χ0v) is 42.3. The van der Waals surface area contributed by atoms with Crippen molar-refractivity contribution in [3.8, 4) is 11.5 Å². The van der Waals surface area contributed by atoms with Crippen molar-refractivity contribution in [1.29, 1.82) is 0 Å². The quantitative estimate of drug-likeness (QED) is 0.0576. The predicted octanol–water partition coefficient (Wildman–Crippen LogP) is 4.51. The van der Waals surface area contributed by atoms with E-state index in [2.05, 4.69) is 31.2 Å². The Morgan fingerprint density at radius 3 is 1.46 bits per heavy atom. The maximum atomic E-state index is 14.8. The largest absolute Gasteiger partial charge is 0.508 e. The van der Waals surface area contributed by atoms with Crippen molar-refractivity contribution < 1.29 is 29.4 Å². The van der Waals surface area contributed by atoms with Crippen LogP contribution in [-0.4, -0.2) is 119 Å². The van der Waals surface area contributed by atoms with Gasteiger partial charge in [0.15, 0.2) is 11.6 Å². The highest BCUT2D eigenvalue weighted by molar-refractivity contribution is 5.95. The van der Waals surface area contributed by atoms with Crippen molar-refractivity contribution in [2.75, 3.05) is 41.3 Å². The van der Waals surface area contributed by atoms with E-state index in [0.29, 0.717) is 31.6 Å². The highest BCUT2D eigenvalue weighted by atomic mass is 16.3. The molecule has 0 saturated carbocycles. The number of aromatic nitrogens is 2. The summed E-state index contributed by atoms with van der Waals surface area (Å²) in [4.78, 5) is 83.0. The average Bonchev–Trinajstić information content (AvgIpc) is 3.32. The molecular weight excluding hydrogens is 897 g/mol. The molecule has 376 valence electrons. The molecule has 0 aliphatic carbocycles. The van der Waals surface area contributed by atoms with E-state index in [1.807, 2.05) is 114 Å². The molecule has 4 aromatic carbocycles. The number of carbonyl (C=O) groups excluding carboxylic acids is 4. The number of H-pyrrole nitrogens is 1. The van der Waals surface area contributed by atoms with Gasteiger partial charge in [0, 0.05) is 25.0 Å². The monoisotopic (exact) mass is 967 g/mol. The Bertz CT molecular complexity index is 2780. The van der Waals surface area contributed by atoms with Crippen LogP contribution in [0.2, 0.25) is 0 Å². The van der Waals surface area contributed by atoms with Gasteiger partial charge in [-0.15, -0.1) is 0 Å². The lowest BCUT2D eigenvalue weighted by Gasteiger charge is -2.31. The van der Waals surface area contributed by atoms with Gasteiger partial charge in [-0.25, -0.2) is 0 Å². The second kappa shape index (κ2) is 23.1. The summed E-state index contributed by atoms with van der Waals surface area (Å²) in [5, 5.41) is 33.3. The number of phenols is 2. The van der Waals surface area contributed by atoms with Gasteiger partial charge in [0.25, 0.3) is 5.56 Å². The van der Waals surface area contributed by atoms with Gasteiger partial charge in [-0.05, 0) is 187 Å². The summed E-state index contributed by atoms with van der Waals surface area (Å²) >= 11 is 0. The molecule has 1 aromatic heterocycles. The standard InChI is InChI=1S/C56H70N8O7/c1-32-25-39(65)26-33(2)43(32)29-48(63(5)6)52(67)45(61-55(70)50-41-15-11-9-13-36(41)21-23-57-50)18-17-38-31-59-47(54(69)60-38)20-19-46(62-56(71)51-42-16-12-10-14-37(42)22-24-58-51)53(68)49(64(7)8)30-44-34(3)27-40(66)28-35(44)4/h9-16,25-28,31,45-46,48-51,57-58,65-66H,17-24,29-30H2,1-8H3,(H,60,69)(H,61,70)(H,62,71)/t45?,46?,48-,49-,50?,51?/m0/s1. The molecule has 0 bridgehead atoms. The lowest BCUT2D eigenvalue weighted by Crippen LogP contribution is -2.53. The first-order valence-electron chi connectivity index (χ1n) is 24.7. The van der Waals surface area contributed by atoms with Crippen molar-refractivity contribution in [3.63, 3.8) is 0 Å². The van der Waals surface area contributed by atoms with Gasteiger partial charge in [-0.3, -0.25) is 38.8 Å². The molecule has 2 aliphatic heterocycles. The van der Waals surface area contributed by atoms with Gasteiger partial charge in [-0.1, -0.05) is 48.5 Å². The second-order valence-corrected chi connectivity index (χ2v) is 19.8. The molecule has 3 heterocycles. The molecule has 4 unspecified atom stereocenters. The first-order chi connectivity index (χ1) is 33.9. The Morgan fingerprint density at radius 1 is 0.648 bits per heavy atom. The van der Waals surface area contributed by atoms with Gasteiger partial charge in [0.2, 0.25) is 11.8 Å². The number of aryl methyl sites for hydroxylation is 6. The number of benzene rings is 4. The van der Waals surface area contributed by atoms with Crippen molar-refractivity contribution in [3.05, 3.63) is 156 Å². The van der Waals surface area contributed by atoms with Crippen LogP contribution in [0, 0.1) is 27.7 Å². The third-order valence-corrected chi connectivity index (χ3v) is 14.4. The van der Waals surface area contributed by atoms with E-state index in [1.165, 1.54) is 0 Å². The van der Waals surface area contributed by atoms with E-state index < -0.39 is 41.8 Å². The zero-order chi connectivity index (χ0) is 51.1. The van der Waals surface area contributed by atoms with E-state index in [1.54, 1.807) is 30.5 Å².